The average Bonchev–Trinajstić information content (AvgIpc) is 3.10. The standard InChI is InChI=1S/C23H27N3O2/c1-16(2)13-21(23(27)28)24-14-19-15-26(20-7-5-4-6-8-20)25-22(19)18-11-9-17(3)10-12-18/h4-12,15-16,21,24H,13-14H2,1-3H3,(H,27,28)/t21-/m1/s1. The Morgan fingerprint density at radius 2 is 1.79 bits per heavy atom. The zero-order chi connectivity index (χ0) is 20.1. The van der Waals surface area contributed by atoms with Gasteiger partial charge in [0.15, 0.2) is 0 Å². The van der Waals surface area contributed by atoms with Crippen LogP contribution in [0.2, 0.25) is 0 Å². The van der Waals surface area contributed by atoms with Gasteiger partial charge in [-0.3, -0.25) is 4.79 Å². The fourth-order valence-electron chi connectivity index (χ4n) is 3.18. The van der Waals surface area contributed by atoms with Gasteiger partial charge in [0.25, 0.3) is 0 Å². The first-order valence-corrected chi connectivity index (χ1v) is 9.61. The van der Waals surface area contributed by atoms with Crippen LogP contribution in [0.25, 0.3) is 16.9 Å². The third-order valence-electron chi connectivity index (χ3n) is 4.68. The Bertz CT molecular complexity index is 915. The van der Waals surface area contributed by atoms with E-state index < -0.39 is 12.0 Å². The molecule has 0 amide bonds. The number of nitrogens with one attached hydrogen (secondary N) is 1. The summed E-state index contributed by atoms with van der Waals surface area (Å²) in [5.41, 5.74) is 5.02. The largest absolute Gasteiger partial charge is 0.480 e. The first kappa shape index (κ1) is 19.8. The summed E-state index contributed by atoms with van der Waals surface area (Å²) in [4.78, 5) is 11.6. The second-order valence-corrected chi connectivity index (χ2v) is 7.55. The molecule has 0 saturated carbocycles. The van der Waals surface area contributed by atoms with Gasteiger partial charge in [0.05, 0.1) is 11.4 Å². The monoisotopic (exact) mass is 377 g/mol. The predicted molar refractivity (Wildman–Crippen MR) is 111 cm³/mol. The van der Waals surface area contributed by atoms with Crippen LogP contribution in [0.3, 0.4) is 0 Å². The molecular formula is C23H27N3O2. The number of aryl methyl sites for hydroxylation is 1. The number of carbonyl (C=O) groups is 1. The summed E-state index contributed by atoms with van der Waals surface area (Å²) in [7, 11) is 0. The Morgan fingerprint density at radius 3 is 2.39 bits per heavy atom. The maximum atomic E-state index is 11.6. The lowest BCUT2D eigenvalue weighted by Gasteiger charge is -2.16. The van der Waals surface area contributed by atoms with Gasteiger partial charge in [-0.1, -0.05) is 61.9 Å². The van der Waals surface area contributed by atoms with Crippen molar-refractivity contribution in [2.24, 2.45) is 5.92 Å². The van der Waals surface area contributed by atoms with Gasteiger partial charge >= 0.3 is 5.97 Å². The first-order valence-electron chi connectivity index (χ1n) is 9.61. The van der Waals surface area contributed by atoms with Crippen molar-refractivity contribution in [2.75, 3.05) is 0 Å². The normalized spacial score (nSPS) is 12.3. The molecule has 2 N–H and O–H groups in total. The minimum Gasteiger partial charge on any atom is -0.480 e. The second kappa shape index (κ2) is 8.85. The summed E-state index contributed by atoms with van der Waals surface area (Å²) in [6.45, 7) is 6.56. The molecule has 3 aromatic rings. The van der Waals surface area contributed by atoms with E-state index in [4.69, 9.17) is 5.10 Å². The van der Waals surface area contributed by atoms with Crippen LogP contribution < -0.4 is 5.32 Å². The lowest BCUT2D eigenvalue weighted by molar-refractivity contribution is -0.140. The van der Waals surface area contributed by atoms with Gasteiger partial charge in [0.2, 0.25) is 0 Å². The maximum absolute atomic E-state index is 11.6. The summed E-state index contributed by atoms with van der Waals surface area (Å²) in [5.74, 6) is -0.516. The Kier molecular flexibility index (Phi) is 6.26. The van der Waals surface area contributed by atoms with Crippen molar-refractivity contribution in [3.8, 4) is 16.9 Å². The molecule has 0 radical (unpaired) electrons. The van der Waals surface area contributed by atoms with Gasteiger partial charge in [-0.05, 0) is 31.4 Å². The molecule has 146 valence electrons. The third kappa shape index (κ3) is 4.87. The molecular weight excluding hydrogens is 350 g/mol. The molecule has 5 nitrogen and oxygen atoms in total. The van der Waals surface area contributed by atoms with Crippen LogP contribution >= 0.6 is 0 Å². The van der Waals surface area contributed by atoms with E-state index in [1.54, 1.807) is 0 Å². The molecule has 1 heterocycles. The quantitative estimate of drug-likeness (QED) is 0.609. The van der Waals surface area contributed by atoms with Crippen LogP contribution in [0, 0.1) is 12.8 Å². The van der Waals surface area contributed by atoms with E-state index >= 15 is 0 Å². The Balaban J connectivity index is 1.92. The number of benzene rings is 2. The number of para-hydroxylation sites is 1. The number of aromatic nitrogens is 2. The smallest absolute Gasteiger partial charge is 0.320 e. The van der Waals surface area contributed by atoms with Gasteiger partial charge < -0.3 is 10.4 Å². The lowest BCUT2D eigenvalue weighted by atomic mass is 10.0. The van der Waals surface area contributed by atoms with Gasteiger partial charge in [0, 0.05) is 23.9 Å². The third-order valence-corrected chi connectivity index (χ3v) is 4.68. The predicted octanol–water partition coefficient (Wildman–Crippen LogP) is 4.44. The highest BCUT2D eigenvalue weighted by molar-refractivity contribution is 5.73. The van der Waals surface area contributed by atoms with E-state index in [9.17, 15) is 9.90 Å². The van der Waals surface area contributed by atoms with Crippen LogP contribution in [0.1, 0.15) is 31.4 Å². The Morgan fingerprint density at radius 1 is 1.11 bits per heavy atom. The van der Waals surface area contributed by atoms with E-state index in [0.717, 1.165) is 22.5 Å². The van der Waals surface area contributed by atoms with Gasteiger partial charge in [-0.15, -0.1) is 0 Å². The Hall–Kier alpha value is -2.92. The number of hydrogen-bond donors (Lipinski definition) is 2. The van der Waals surface area contributed by atoms with E-state index in [1.165, 1.54) is 5.56 Å². The summed E-state index contributed by atoms with van der Waals surface area (Å²) in [6.07, 6.45) is 2.56. The highest BCUT2D eigenvalue weighted by Gasteiger charge is 2.20. The van der Waals surface area contributed by atoms with Crippen molar-refractivity contribution in [2.45, 2.75) is 39.8 Å². The highest BCUT2D eigenvalue weighted by Crippen LogP contribution is 2.24. The zero-order valence-corrected chi connectivity index (χ0v) is 16.6. The molecule has 1 atom stereocenters. The van der Waals surface area contributed by atoms with Gasteiger partial charge in [0.1, 0.15) is 6.04 Å². The van der Waals surface area contributed by atoms with Gasteiger partial charge in [-0.25, -0.2) is 4.68 Å². The summed E-state index contributed by atoms with van der Waals surface area (Å²) < 4.78 is 1.85. The number of hydrogen-bond acceptors (Lipinski definition) is 3. The molecule has 0 aliphatic rings. The molecule has 28 heavy (non-hydrogen) atoms. The summed E-state index contributed by atoms with van der Waals surface area (Å²) in [6, 6.07) is 17.6. The van der Waals surface area contributed by atoms with Crippen molar-refractivity contribution < 1.29 is 9.90 Å². The van der Waals surface area contributed by atoms with Crippen molar-refractivity contribution in [1.29, 1.82) is 0 Å². The van der Waals surface area contributed by atoms with E-state index in [2.05, 4.69) is 36.5 Å². The van der Waals surface area contributed by atoms with Crippen molar-refractivity contribution in [3.05, 3.63) is 71.9 Å². The molecule has 0 unspecified atom stereocenters. The van der Waals surface area contributed by atoms with E-state index in [-0.39, 0.29) is 0 Å². The first-order chi connectivity index (χ1) is 13.4. The minimum atomic E-state index is -0.818. The molecule has 2 aromatic carbocycles. The SMILES string of the molecule is Cc1ccc(-c2nn(-c3ccccc3)cc2CN[C@H](CC(C)C)C(=O)O)cc1. The molecule has 0 aliphatic carbocycles. The lowest BCUT2D eigenvalue weighted by Crippen LogP contribution is -2.37. The zero-order valence-electron chi connectivity index (χ0n) is 16.6. The van der Waals surface area contributed by atoms with Crippen LogP contribution in [0.15, 0.2) is 60.8 Å². The minimum absolute atomic E-state index is 0.303. The molecule has 0 spiro atoms. The fourth-order valence-corrected chi connectivity index (χ4v) is 3.18. The second-order valence-electron chi connectivity index (χ2n) is 7.55. The average molecular weight is 377 g/mol. The van der Waals surface area contributed by atoms with Crippen LogP contribution in [0.4, 0.5) is 0 Å². The molecule has 5 heteroatoms. The van der Waals surface area contributed by atoms with Crippen molar-refractivity contribution in [3.63, 3.8) is 0 Å². The Labute approximate surface area is 166 Å². The molecule has 3 rings (SSSR count). The van der Waals surface area contributed by atoms with Gasteiger partial charge in [-0.2, -0.15) is 5.10 Å². The molecule has 0 fully saturated rings. The van der Waals surface area contributed by atoms with Crippen LogP contribution in [-0.2, 0) is 11.3 Å². The summed E-state index contributed by atoms with van der Waals surface area (Å²) >= 11 is 0. The molecule has 0 aliphatic heterocycles. The molecule has 1 aromatic heterocycles. The van der Waals surface area contributed by atoms with Crippen molar-refractivity contribution >= 4 is 5.97 Å². The number of nitrogens with zero attached hydrogens (tertiary/aromatic N) is 2. The van der Waals surface area contributed by atoms with Crippen molar-refractivity contribution in [1.82, 2.24) is 15.1 Å². The molecule has 0 bridgehead atoms. The summed E-state index contributed by atoms with van der Waals surface area (Å²) in [5, 5.41) is 17.5. The number of carboxylic acid groups (broad SMARTS) is 1. The maximum Gasteiger partial charge on any atom is 0.320 e. The van der Waals surface area contributed by atoms with Crippen LogP contribution in [-0.4, -0.2) is 26.9 Å². The van der Waals surface area contributed by atoms with Crippen LogP contribution in [0.5, 0.6) is 0 Å². The number of rotatable bonds is 8. The van der Waals surface area contributed by atoms with E-state index in [1.807, 2.05) is 55.1 Å². The van der Waals surface area contributed by atoms with E-state index in [0.29, 0.717) is 18.9 Å². The fraction of sp³-hybridized carbons (Fsp3) is 0.304. The topological polar surface area (TPSA) is 67.2 Å². The number of carboxylic acids is 1. The highest BCUT2D eigenvalue weighted by atomic mass is 16.4. The molecule has 0 saturated heterocycles. The number of aliphatic carboxylic acids is 1.